The number of piperidine rings is 1. The van der Waals surface area contributed by atoms with Crippen LogP contribution in [-0.4, -0.2) is 61.4 Å². The molecule has 35 heavy (non-hydrogen) atoms. The van der Waals surface area contributed by atoms with E-state index in [1.165, 1.54) is 11.6 Å². The number of aryl methyl sites for hydroxylation is 1. The Balaban J connectivity index is 1.33. The van der Waals surface area contributed by atoms with Gasteiger partial charge in [-0.05, 0) is 88.0 Å². The Morgan fingerprint density at radius 3 is 2.69 bits per heavy atom. The number of carbonyl (C=O) groups excluding carboxylic acids is 1. The lowest BCUT2D eigenvalue weighted by Gasteiger charge is -2.29. The molecule has 1 N–H and O–H groups in total. The van der Waals surface area contributed by atoms with Crippen LogP contribution in [-0.2, 0) is 0 Å². The first-order chi connectivity index (χ1) is 17.0. The highest BCUT2D eigenvalue weighted by Crippen LogP contribution is 2.29. The van der Waals surface area contributed by atoms with E-state index in [1.807, 2.05) is 0 Å². The predicted molar refractivity (Wildman–Crippen MR) is 130 cm³/mol. The van der Waals surface area contributed by atoms with E-state index in [2.05, 4.69) is 55.3 Å². The molecular weight excluding hydrogens is 445 g/mol. The third-order valence-corrected chi connectivity index (χ3v) is 7.16. The zero-order valence-electron chi connectivity index (χ0n) is 19.9. The first-order valence-corrected chi connectivity index (χ1v) is 12.2. The smallest absolute Gasteiger partial charge is 0.254 e. The number of imidazole rings is 1. The minimum atomic E-state index is -0.534. The van der Waals surface area contributed by atoms with Gasteiger partial charge in [-0.1, -0.05) is 11.3 Å². The second-order valence-electron chi connectivity index (χ2n) is 9.83. The van der Waals surface area contributed by atoms with E-state index < -0.39 is 11.7 Å². The van der Waals surface area contributed by atoms with E-state index in [1.54, 1.807) is 30.1 Å². The standard InChI is InChI=1S/C26H28FN7O/c1-16-11-21(27)20(26(35)29-19-4-5-19)12-23(16)34-15-22(30-31-34)24-13-28-25-6-3-18(14-33(24)25)17-7-9-32(2)10-8-17/h3,6,11-15,17,19H,4-5,7-10H2,1-2H3,(H,29,35). The quantitative estimate of drug-likeness (QED) is 0.478. The maximum absolute atomic E-state index is 14.6. The van der Waals surface area contributed by atoms with Crippen LogP contribution in [0.3, 0.4) is 0 Å². The van der Waals surface area contributed by atoms with Gasteiger partial charge in [0, 0.05) is 12.2 Å². The van der Waals surface area contributed by atoms with Crippen LogP contribution in [0.4, 0.5) is 4.39 Å². The SMILES string of the molecule is Cc1cc(F)c(C(=O)NC2CC2)cc1-n1cc(-c2cnc3ccc(C4CCN(C)CC4)cn23)nn1. The summed E-state index contributed by atoms with van der Waals surface area (Å²) >= 11 is 0. The minimum Gasteiger partial charge on any atom is -0.349 e. The van der Waals surface area contributed by atoms with Gasteiger partial charge in [-0.3, -0.25) is 9.20 Å². The molecule has 3 aromatic heterocycles. The Morgan fingerprint density at radius 1 is 1.11 bits per heavy atom. The van der Waals surface area contributed by atoms with Crippen molar-refractivity contribution in [3.8, 4) is 17.1 Å². The molecule has 1 amide bonds. The summed E-state index contributed by atoms with van der Waals surface area (Å²) in [5, 5.41) is 11.5. The number of carbonyl (C=O) groups is 1. The van der Waals surface area contributed by atoms with Crippen LogP contribution < -0.4 is 5.32 Å². The van der Waals surface area contributed by atoms with Gasteiger partial charge < -0.3 is 10.2 Å². The van der Waals surface area contributed by atoms with Crippen molar-refractivity contribution in [3.63, 3.8) is 0 Å². The molecule has 9 heteroatoms. The molecule has 4 aromatic rings. The predicted octanol–water partition coefficient (Wildman–Crippen LogP) is 3.73. The van der Waals surface area contributed by atoms with E-state index in [4.69, 9.17) is 0 Å². The number of fused-ring (bicyclic) bond motifs is 1. The maximum Gasteiger partial charge on any atom is 0.254 e. The Bertz CT molecular complexity index is 1410. The molecule has 1 saturated carbocycles. The average Bonchev–Trinajstić information content (AvgIpc) is 3.36. The van der Waals surface area contributed by atoms with Crippen molar-refractivity contribution in [1.82, 2.24) is 34.6 Å². The summed E-state index contributed by atoms with van der Waals surface area (Å²) in [6.45, 7) is 4.00. The third kappa shape index (κ3) is 4.20. The molecule has 2 fully saturated rings. The second kappa shape index (κ2) is 8.57. The molecule has 4 heterocycles. The fourth-order valence-corrected chi connectivity index (χ4v) is 4.84. The number of rotatable bonds is 5. The van der Waals surface area contributed by atoms with Gasteiger partial charge in [0.2, 0.25) is 0 Å². The van der Waals surface area contributed by atoms with Crippen molar-refractivity contribution >= 4 is 11.6 Å². The number of benzene rings is 1. The highest BCUT2D eigenvalue weighted by molar-refractivity contribution is 5.95. The summed E-state index contributed by atoms with van der Waals surface area (Å²) in [5.41, 5.74) is 4.96. The van der Waals surface area contributed by atoms with Crippen molar-refractivity contribution in [2.24, 2.45) is 0 Å². The number of aromatic nitrogens is 5. The number of hydrogen-bond acceptors (Lipinski definition) is 5. The number of halogens is 1. The number of likely N-dealkylation sites (tertiary alicyclic amines) is 1. The molecule has 8 nitrogen and oxygen atoms in total. The summed E-state index contributed by atoms with van der Waals surface area (Å²) in [6.07, 6.45) is 9.93. The zero-order chi connectivity index (χ0) is 24.1. The Hall–Kier alpha value is -3.59. The van der Waals surface area contributed by atoms with Gasteiger partial charge >= 0.3 is 0 Å². The molecule has 1 aromatic carbocycles. The lowest BCUT2D eigenvalue weighted by Crippen LogP contribution is -2.29. The summed E-state index contributed by atoms with van der Waals surface area (Å²) in [5.74, 6) is -0.397. The van der Waals surface area contributed by atoms with Gasteiger partial charge in [-0.2, -0.15) is 0 Å². The second-order valence-corrected chi connectivity index (χ2v) is 9.83. The fourth-order valence-electron chi connectivity index (χ4n) is 4.84. The van der Waals surface area contributed by atoms with E-state index in [0.29, 0.717) is 22.9 Å². The van der Waals surface area contributed by atoms with Crippen LogP contribution in [0.2, 0.25) is 0 Å². The molecule has 0 radical (unpaired) electrons. The van der Waals surface area contributed by atoms with E-state index in [-0.39, 0.29) is 11.6 Å². The monoisotopic (exact) mass is 473 g/mol. The van der Waals surface area contributed by atoms with E-state index in [0.717, 1.165) is 50.1 Å². The van der Waals surface area contributed by atoms with E-state index in [9.17, 15) is 9.18 Å². The lowest BCUT2D eigenvalue weighted by atomic mass is 9.91. The van der Waals surface area contributed by atoms with Crippen molar-refractivity contribution in [1.29, 1.82) is 0 Å². The first-order valence-electron chi connectivity index (χ1n) is 12.2. The summed E-state index contributed by atoms with van der Waals surface area (Å²) in [7, 11) is 2.17. The van der Waals surface area contributed by atoms with Crippen LogP contribution in [0.5, 0.6) is 0 Å². The van der Waals surface area contributed by atoms with Crippen LogP contribution >= 0.6 is 0 Å². The van der Waals surface area contributed by atoms with Gasteiger partial charge in [0.15, 0.2) is 0 Å². The van der Waals surface area contributed by atoms with Crippen LogP contribution in [0.15, 0.2) is 42.9 Å². The van der Waals surface area contributed by atoms with Crippen molar-refractivity contribution < 1.29 is 9.18 Å². The molecular formula is C26H28FN7O. The molecule has 1 aliphatic heterocycles. The van der Waals surface area contributed by atoms with Gasteiger partial charge in [-0.25, -0.2) is 14.1 Å². The molecule has 0 spiro atoms. The van der Waals surface area contributed by atoms with Crippen molar-refractivity contribution in [2.75, 3.05) is 20.1 Å². The van der Waals surface area contributed by atoms with E-state index >= 15 is 0 Å². The lowest BCUT2D eigenvalue weighted by molar-refractivity contribution is 0.0947. The molecule has 2 aliphatic rings. The van der Waals surface area contributed by atoms with Crippen LogP contribution in [0, 0.1) is 12.7 Å². The number of amides is 1. The van der Waals surface area contributed by atoms with Crippen LogP contribution in [0.25, 0.3) is 22.7 Å². The molecule has 1 aliphatic carbocycles. The van der Waals surface area contributed by atoms with Crippen LogP contribution in [0.1, 0.15) is 53.1 Å². The number of nitrogens with one attached hydrogen (secondary N) is 1. The summed E-state index contributed by atoms with van der Waals surface area (Å²) < 4.78 is 18.2. The molecule has 180 valence electrons. The number of pyridine rings is 1. The Kier molecular flexibility index (Phi) is 5.36. The Morgan fingerprint density at radius 2 is 1.91 bits per heavy atom. The third-order valence-electron chi connectivity index (χ3n) is 7.16. The Labute approximate surface area is 202 Å². The van der Waals surface area contributed by atoms with Gasteiger partial charge in [0.1, 0.15) is 17.2 Å². The van der Waals surface area contributed by atoms with Gasteiger partial charge in [0.25, 0.3) is 5.91 Å². The normalized spacial score (nSPS) is 17.2. The van der Waals surface area contributed by atoms with Crippen molar-refractivity contribution in [2.45, 2.75) is 44.6 Å². The summed E-state index contributed by atoms with van der Waals surface area (Å²) in [6, 6.07) is 7.30. The van der Waals surface area contributed by atoms with Gasteiger partial charge in [0.05, 0.1) is 29.3 Å². The topological polar surface area (TPSA) is 80.4 Å². The van der Waals surface area contributed by atoms with Crippen molar-refractivity contribution in [3.05, 3.63) is 65.4 Å². The number of nitrogens with zero attached hydrogens (tertiary/aromatic N) is 6. The summed E-state index contributed by atoms with van der Waals surface area (Å²) in [4.78, 5) is 19.4. The van der Waals surface area contributed by atoms with Gasteiger partial charge in [-0.15, -0.1) is 5.10 Å². The molecule has 0 bridgehead atoms. The number of hydrogen-bond donors (Lipinski definition) is 1. The fraction of sp³-hybridized carbons (Fsp3) is 0.385. The highest BCUT2D eigenvalue weighted by Gasteiger charge is 2.26. The molecule has 0 unspecified atom stereocenters. The zero-order valence-corrected chi connectivity index (χ0v) is 19.9. The maximum atomic E-state index is 14.6. The molecule has 1 saturated heterocycles. The molecule has 6 rings (SSSR count). The average molecular weight is 474 g/mol. The minimum absolute atomic E-state index is 0.0205. The molecule has 0 atom stereocenters. The first kappa shape index (κ1) is 21.9. The highest BCUT2D eigenvalue weighted by atomic mass is 19.1. The largest absolute Gasteiger partial charge is 0.349 e.